The molecule has 2 fully saturated rings. The van der Waals surface area contributed by atoms with Crippen LogP contribution >= 0.6 is 0 Å². The molecule has 1 N–H and O–H groups in total. The van der Waals surface area contributed by atoms with E-state index in [1.54, 1.807) is 0 Å². The summed E-state index contributed by atoms with van der Waals surface area (Å²) in [6.45, 7) is 13.8. The highest BCUT2D eigenvalue weighted by Gasteiger charge is 2.28. The number of hydrogen-bond donors (Lipinski definition) is 1. The van der Waals surface area contributed by atoms with Crippen LogP contribution in [0.5, 0.6) is 0 Å². The Morgan fingerprint density at radius 2 is 2.22 bits per heavy atom. The third kappa shape index (κ3) is 3.85. The van der Waals surface area contributed by atoms with Gasteiger partial charge in [-0.2, -0.15) is 0 Å². The predicted molar refractivity (Wildman–Crippen MR) is 77.3 cm³/mol. The largest absolute Gasteiger partial charge is 0.381 e. The second-order valence-electron chi connectivity index (χ2n) is 4.58. The first-order valence-electron chi connectivity index (χ1n) is 7.20. The summed E-state index contributed by atoms with van der Waals surface area (Å²) in [4.78, 5) is 2.26. The maximum absolute atomic E-state index is 5.66. The van der Waals surface area contributed by atoms with Crippen LogP contribution in [0.2, 0.25) is 0 Å². The molecule has 0 amide bonds. The molecule has 2 saturated heterocycles. The molecule has 2 aliphatic rings. The molecule has 2 heterocycles. The molecule has 0 saturated carbocycles. The Morgan fingerprint density at radius 1 is 1.44 bits per heavy atom. The highest BCUT2D eigenvalue weighted by atomic mass is 16.5. The van der Waals surface area contributed by atoms with Gasteiger partial charge in [-0.1, -0.05) is 26.5 Å². The lowest BCUT2D eigenvalue weighted by atomic mass is 9.97. The minimum absolute atomic E-state index is 0.581. The summed E-state index contributed by atoms with van der Waals surface area (Å²) in [5.41, 5.74) is 1.32. The molecular weight excluding hydrogens is 224 g/mol. The summed E-state index contributed by atoms with van der Waals surface area (Å²) in [5, 5.41) is 3.65. The zero-order chi connectivity index (χ0) is 13.4. The Hall–Kier alpha value is -0.800. The summed E-state index contributed by atoms with van der Waals surface area (Å²) in [5.74, 6) is 0.581. The van der Waals surface area contributed by atoms with Crippen LogP contribution in [-0.2, 0) is 4.74 Å². The molecule has 3 nitrogen and oxygen atoms in total. The fourth-order valence-electron chi connectivity index (χ4n) is 2.61. The van der Waals surface area contributed by atoms with Crippen molar-refractivity contribution in [2.24, 2.45) is 5.92 Å². The number of ether oxygens (including phenoxy) is 1. The van der Waals surface area contributed by atoms with Crippen LogP contribution in [0.4, 0.5) is 0 Å². The molecule has 0 bridgehead atoms. The molecule has 0 aromatic heterocycles. The first kappa shape index (κ1) is 15.3. The molecule has 2 aliphatic heterocycles. The van der Waals surface area contributed by atoms with Crippen molar-refractivity contribution in [1.82, 2.24) is 10.2 Å². The third-order valence-electron chi connectivity index (χ3n) is 3.60. The van der Waals surface area contributed by atoms with E-state index in [4.69, 9.17) is 4.74 Å². The van der Waals surface area contributed by atoms with Crippen LogP contribution in [0.25, 0.3) is 0 Å². The Bertz CT molecular complexity index is 276. The van der Waals surface area contributed by atoms with Crippen molar-refractivity contribution in [2.75, 3.05) is 26.3 Å². The van der Waals surface area contributed by atoms with E-state index < -0.39 is 0 Å². The van der Waals surface area contributed by atoms with E-state index in [-0.39, 0.29) is 0 Å². The lowest BCUT2D eigenvalue weighted by Gasteiger charge is -2.25. The number of hydrogen-bond acceptors (Lipinski definition) is 3. The minimum atomic E-state index is 0.581. The van der Waals surface area contributed by atoms with Gasteiger partial charge in [-0.3, -0.25) is 0 Å². The number of rotatable bonds is 1. The van der Waals surface area contributed by atoms with Crippen molar-refractivity contribution in [3.05, 3.63) is 24.6 Å². The van der Waals surface area contributed by atoms with Crippen LogP contribution in [0.1, 0.15) is 33.6 Å². The number of fused-ring (bicyclic) bond motifs is 1. The van der Waals surface area contributed by atoms with Gasteiger partial charge in [0.1, 0.15) is 0 Å². The van der Waals surface area contributed by atoms with Crippen molar-refractivity contribution in [1.29, 1.82) is 0 Å². The van der Waals surface area contributed by atoms with Gasteiger partial charge in [-0.05, 0) is 26.0 Å². The van der Waals surface area contributed by atoms with E-state index in [1.165, 1.54) is 18.5 Å². The van der Waals surface area contributed by atoms with Crippen LogP contribution in [0.15, 0.2) is 24.6 Å². The van der Waals surface area contributed by atoms with Crippen molar-refractivity contribution >= 4 is 0 Å². The Kier molecular flexibility index (Phi) is 7.06. The number of nitrogens with zero attached hydrogens (tertiary/aromatic N) is 1. The second kappa shape index (κ2) is 8.33. The summed E-state index contributed by atoms with van der Waals surface area (Å²) in [7, 11) is 0. The second-order valence-corrected chi connectivity index (χ2v) is 4.58. The Labute approximate surface area is 112 Å². The van der Waals surface area contributed by atoms with E-state index in [0.29, 0.717) is 12.0 Å². The zero-order valence-electron chi connectivity index (χ0n) is 12.1. The van der Waals surface area contributed by atoms with E-state index in [1.807, 2.05) is 20.0 Å². The van der Waals surface area contributed by atoms with Gasteiger partial charge >= 0.3 is 0 Å². The molecule has 3 heteroatoms. The maximum Gasteiger partial charge on any atom is 0.0526 e. The van der Waals surface area contributed by atoms with Crippen LogP contribution < -0.4 is 5.32 Å². The Balaban J connectivity index is 0.000000771. The lowest BCUT2D eigenvalue weighted by molar-refractivity contribution is 0.104. The normalized spacial score (nSPS) is 30.6. The summed E-state index contributed by atoms with van der Waals surface area (Å²) in [6, 6.07) is 0.599. The van der Waals surface area contributed by atoms with Gasteiger partial charge in [0, 0.05) is 37.4 Å². The highest BCUT2D eigenvalue weighted by Crippen LogP contribution is 2.22. The van der Waals surface area contributed by atoms with Crippen LogP contribution in [0, 0.1) is 5.92 Å². The molecule has 2 rings (SSSR count). The van der Waals surface area contributed by atoms with Gasteiger partial charge in [0.2, 0.25) is 0 Å². The van der Waals surface area contributed by atoms with Crippen LogP contribution in [0.3, 0.4) is 0 Å². The molecule has 0 aromatic rings. The Morgan fingerprint density at radius 3 is 2.89 bits per heavy atom. The van der Waals surface area contributed by atoms with Gasteiger partial charge in [-0.25, -0.2) is 0 Å². The standard InChI is InChI=1S/C13H22N2O.C2H6/c1-3-12-8-14-13-6-5-7-16-10-11(13)9-15(12)4-2;1-2/h3-4,11,13-14H,2,5-10H2,1H3;1-2H3/b12-3-;. The van der Waals surface area contributed by atoms with Crippen LogP contribution in [-0.4, -0.2) is 37.2 Å². The zero-order valence-corrected chi connectivity index (χ0v) is 12.1. The molecule has 2 atom stereocenters. The van der Waals surface area contributed by atoms with Crippen molar-refractivity contribution < 1.29 is 4.74 Å². The average Bonchev–Trinajstić information content (AvgIpc) is 2.73. The molecule has 0 radical (unpaired) electrons. The lowest BCUT2D eigenvalue weighted by Crippen LogP contribution is -2.37. The number of nitrogens with one attached hydrogen (secondary N) is 1. The molecule has 2 unspecified atom stereocenters. The smallest absolute Gasteiger partial charge is 0.0526 e. The summed E-state index contributed by atoms with van der Waals surface area (Å²) < 4.78 is 5.66. The van der Waals surface area contributed by atoms with Gasteiger partial charge in [0.05, 0.1) is 6.61 Å². The van der Waals surface area contributed by atoms with Crippen molar-refractivity contribution in [2.45, 2.75) is 39.7 Å². The summed E-state index contributed by atoms with van der Waals surface area (Å²) >= 11 is 0. The fourth-order valence-corrected chi connectivity index (χ4v) is 2.61. The first-order chi connectivity index (χ1) is 8.85. The summed E-state index contributed by atoms with van der Waals surface area (Å²) in [6.07, 6.45) is 6.51. The SMILES string of the molecule is C=CN1CC2COCCCC2NC/C1=C/C.CC. The third-order valence-corrected chi connectivity index (χ3v) is 3.60. The van der Waals surface area contributed by atoms with Crippen molar-refractivity contribution in [3.8, 4) is 0 Å². The molecule has 0 spiro atoms. The molecule has 0 aromatic carbocycles. The van der Waals surface area contributed by atoms with Gasteiger partial charge in [-0.15, -0.1) is 0 Å². The van der Waals surface area contributed by atoms with Gasteiger partial charge < -0.3 is 15.0 Å². The van der Waals surface area contributed by atoms with Gasteiger partial charge in [0.15, 0.2) is 0 Å². The van der Waals surface area contributed by atoms with Crippen molar-refractivity contribution in [3.63, 3.8) is 0 Å². The van der Waals surface area contributed by atoms with E-state index >= 15 is 0 Å². The quantitative estimate of drug-likeness (QED) is 0.776. The highest BCUT2D eigenvalue weighted by molar-refractivity contribution is 5.09. The number of allylic oxidation sites excluding steroid dienone is 1. The monoisotopic (exact) mass is 252 g/mol. The average molecular weight is 252 g/mol. The van der Waals surface area contributed by atoms with E-state index in [2.05, 4.69) is 29.8 Å². The van der Waals surface area contributed by atoms with Gasteiger partial charge in [0.25, 0.3) is 0 Å². The first-order valence-corrected chi connectivity index (χ1v) is 7.20. The topological polar surface area (TPSA) is 24.5 Å². The van der Waals surface area contributed by atoms with E-state index in [9.17, 15) is 0 Å². The molecule has 0 aliphatic carbocycles. The molecular formula is C15H28N2O. The van der Waals surface area contributed by atoms with E-state index in [0.717, 1.165) is 26.3 Å². The maximum atomic E-state index is 5.66. The molecule has 18 heavy (non-hydrogen) atoms. The molecule has 104 valence electrons. The minimum Gasteiger partial charge on any atom is -0.381 e. The predicted octanol–water partition coefficient (Wildman–Crippen LogP) is 2.76. The fraction of sp³-hybridized carbons (Fsp3) is 0.733.